The van der Waals surface area contributed by atoms with Crippen molar-refractivity contribution in [2.75, 3.05) is 13.7 Å². The Morgan fingerprint density at radius 2 is 1.89 bits per heavy atom. The minimum Gasteiger partial charge on any atom is -0.493 e. The van der Waals surface area contributed by atoms with Gasteiger partial charge in [-0.05, 0) is 29.8 Å². The lowest BCUT2D eigenvalue weighted by atomic mass is 10.1. The van der Waals surface area contributed by atoms with Crippen molar-refractivity contribution in [3.63, 3.8) is 0 Å². The van der Waals surface area contributed by atoms with Crippen LogP contribution in [0.25, 0.3) is 0 Å². The molecule has 2 aromatic rings. The Balaban J connectivity index is 1.91. The zero-order chi connectivity index (χ0) is 13.5. The summed E-state index contributed by atoms with van der Waals surface area (Å²) in [5.41, 5.74) is 1.77. The van der Waals surface area contributed by atoms with E-state index in [-0.39, 0.29) is 5.91 Å². The topological polar surface area (TPSA) is 38.3 Å². The number of para-hydroxylation sites is 1. The molecular weight excluding hydrogens is 238 g/mol. The number of benzene rings is 2. The summed E-state index contributed by atoms with van der Waals surface area (Å²) < 4.78 is 5.64. The zero-order valence-corrected chi connectivity index (χ0v) is 10.9. The normalized spacial score (nSPS) is 9.95. The third kappa shape index (κ3) is 3.85. The molecule has 0 saturated heterocycles. The molecule has 0 saturated carbocycles. The summed E-state index contributed by atoms with van der Waals surface area (Å²) in [5.74, 6) is 0.802. The molecular formula is C16H17NO2. The number of rotatable bonds is 5. The SMILES string of the molecule is CNC(=O)c1cccc(CCOc2ccccc2)c1. The van der Waals surface area contributed by atoms with Gasteiger partial charge in [0.1, 0.15) is 5.75 Å². The largest absolute Gasteiger partial charge is 0.493 e. The van der Waals surface area contributed by atoms with E-state index in [1.165, 1.54) is 0 Å². The van der Waals surface area contributed by atoms with Crippen molar-refractivity contribution in [2.45, 2.75) is 6.42 Å². The van der Waals surface area contributed by atoms with Crippen LogP contribution < -0.4 is 10.1 Å². The number of hydrogen-bond donors (Lipinski definition) is 1. The number of hydrogen-bond acceptors (Lipinski definition) is 2. The third-order valence-electron chi connectivity index (χ3n) is 2.82. The van der Waals surface area contributed by atoms with E-state index < -0.39 is 0 Å². The van der Waals surface area contributed by atoms with Crippen molar-refractivity contribution >= 4 is 5.91 Å². The molecule has 0 heterocycles. The molecule has 0 aromatic heterocycles. The summed E-state index contributed by atoms with van der Waals surface area (Å²) in [6, 6.07) is 17.3. The van der Waals surface area contributed by atoms with Crippen LogP contribution in [0, 0.1) is 0 Å². The van der Waals surface area contributed by atoms with E-state index in [2.05, 4.69) is 5.32 Å². The Labute approximate surface area is 113 Å². The lowest BCUT2D eigenvalue weighted by Gasteiger charge is -2.07. The van der Waals surface area contributed by atoms with E-state index >= 15 is 0 Å². The van der Waals surface area contributed by atoms with Gasteiger partial charge in [0.05, 0.1) is 6.61 Å². The quantitative estimate of drug-likeness (QED) is 0.892. The Morgan fingerprint density at radius 3 is 2.63 bits per heavy atom. The average molecular weight is 255 g/mol. The summed E-state index contributed by atoms with van der Waals surface area (Å²) in [5, 5.41) is 2.62. The second-order valence-corrected chi connectivity index (χ2v) is 4.19. The van der Waals surface area contributed by atoms with E-state index in [9.17, 15) is 4.79 Å². The third-order valence-corrected chi connectivity index (χ3v) is 2.82. The molecule has 1 N–H and O–H groups in total. The molecule has 0 bridgehead atoms. The first-order valence-electron chi connectivity index (χ1n) is 6.28. The lowest BCUT2D eigenvalue weighted by molar-refractivity contribution is 0.0963. The van der Waals surface area contributed by atoms with Crippen LogP contribution in [0.2, 0.25) is 0 Å². The van der Waals surface area contributed by atoms with E-state index in [0.717, 1.165) is 17.7 Å². The molecule has 0 aliphatic heterocycles. The van der Waals surface area contributed by atoms with Crippen molar-refractivity contribution in [3.05, 3.63) is 65.7 Å². The van der Waals surface area contributed by atoms with Gasteiger partial charge in [0.2, 0.25) is 0 Å². The minimum absolute atomic E-state index is 0.0640. The molecule has 19 heavy (non-hydrogen) atoms. The summed E-state index contributed by atoms with van der Waals surface area (Å²) in [6.45, 7) is 0.598. The first-order chi connectivity index (χ1) is 9.29. The van der Waals surface area contributed by atoms with Crippen LogP contribution in [0.4, 0.5) is 0 Å². The second-order valence-electron chi connectivity index (χ2n) is 4.19. The molecule has 0 unspecified atom stereocenters. The Hall–Kier alpha value is -2.29. The monoisotopic (exact) mass is 255 g/mol. The number of ether oxygens (including phenoxy) is 1. The zero-order valence-electron chi connectivity index (χ0n) is 10.9. The maximum Gasteiger partial charge on any atom is 0.251 e. The average Bonchev–Trinajstić information content (AvgIpc) is 2.48. The first-order valence-corrected chi connectivity index (χ1v) is 6.28. The number of amides is 1. The molecule has 2 aromatic carbocycles. The molecule has 0 fully saturated rings. The van der Waals surface area contributed by atoms with Gasteiger partial charge in [-0.3, -0.25) is 4.79 Å². The van der Waals surface area contributed by atoms with Crippen LogP contribution >= 0.6 is 0 Å². The van der Waals surface area contributed by atoms with E-state index in [0.29, 0.717) is 12.2 Å². The molecule has 0 aliphatic rings. The molecule has 0 atom stereocenters. The molecule has 2 rings (SSSR count). The van der Waals surface area contributed by atoms with Crippen LogP contribution in [-0.2, 0) is 6.42 Å². The highest BCUT2D eigenvalue weighted by molar-refractivity contribution is 5.94. The summed E-state index contributed by atoms with van der Waals surface area (Å²) in [7, 11) is 1.63. The van der Waals surface area contributed by atoms with Crippen LogP contribution in [-0.4, -0.2) is 19.6 Å². The van der Waals surface area contributed by atoms with Gasteiger partial charge in [0, 0.05) is 19.0 Å². The first kappa shape index (κ1) is 13.1. The maximum absolute atomic E-state index is 11.5. The predicted molar refractivity (Wildman–Crippen MR) is 75.5 cm³/mol. The van der Waals surface area contributed by atoms with Gasteiger partial charge in [-0.15, -0.1) is 0 Å². The Kier molecular flexibility index (Phi) is 4.56. The molecule has 98 valence electrons. The molecule has 3 nitrogen and oxygen atoms in total. The van der Waals surface area contributed by atoms with Gasteiger partial charge in [-0.2, -0.15) is 0 Å². The molecule has 3 heteroatoms. The Bertz CT molecular complexity index is 537. The van der Waals surface area contributed by atoms with Crippen molar-refractivity contribution in [3.8, 4) is 5.75 Å². The van der Waals surface area contributed by atoms with Crippen LogP contribution in [0.5, 0.6) is 5.75 Å². The van der Waals surface area contributed by atoms with Gasteiger partial charge in [0.15, 0.2) is 0 Å². The standard InChI is InChI=1S/C16H17NO2/c1-17-16(18)14-7-5-6-13(12-14)10-11-19-15-8-3-2-4-9-15/h2-9,12H,10-11H2,1H3,(H,17,18). The highest BCUT2D eigenvalue weighted by Crippen LogP contribution is 2.10. The van der Waals surface area contributed by atoms with Crippen molar-refractivity contribution < 1.29 is 9.53 Å². The lowest BCUT2D eigenvalue weighted by Crippen LogP contribution is -2.17. The summed E-state index contributed by atoms with van der Waals surface area (Å²) >= 11 is 0. The van der Waals surface area contributed by atoms with Crippen molar-refractivity contribution in [1.82, 2.24) is 5.32 Å². The fraction of sp³-hybridized carbons (Fsp3) is 0.188. The van der Waals surface area contributed by atoms with Crippen LogP contribution in [0.15, 0.2) is 54.6 Å². The highest BCUT2D eigenvalue weighted by atomic mass is 16.5. The smallest absolute Gasteiger partial charge is 0.251 e. The van der Waals surface area contributed by atoms with Crippen LogP contribution in [0.1, 0.15) is 15.9 Å². The molecule has 0 spiro atoms. The molecule has 1 amide bonds. The summed E-state index contributed by atoms with van der Waals surface area (Å²) in [6.07, 6.45) is 0.778. The number of nitrogens with one attached hydrogen (secondary N) is 1. The molecule has 0 aliphatic carbocycles. The number of carbonyl (C=O) groups is 1. The predicted octanol–water partition coefficient (Wildman–Crippen LogP) is 2.67. The van der Waals surface area contributed by atoms with Gasteiger partial charge in [-0.1, -0.05) is 30.3 Å². The number of carbonyl (C=O) groups excluding carboxylic acids is 1. The van der Waals surface area contributed by atoms with E-state index in [1.54, 1.807) is 13.1 Å². The van der Waals surface area contributed by atoms with Gasteiger partial charge in [0.25, 0.3) is 5.91 Å². The molecule has 0 radical (unpaired) electrons. The van der Waals surface area contributed by atoms with Gasteiger partial charge < -0.3 is 10.1 Å². The summed E-state index contributed by atoms with van der Waals surface area (Å²) in [4.78, 5) is 11.5. The fourth-order valence-electron chi connectivity index (χ4n) is 1.82. The van der Waals surface area contributed by atoms with Crippen molar-refractivity contribution in [2.24, 2.45) is 0 Å². The Morgan fingerprint density at radius 1 is 1.11 bits per heavy atom. The van der Waals surface area contributed by atoms with E-state index in [1.807, 2.05) is 48.5 Å². The highest BCUT2D eigenvalue weighted by Gasteiger charge is 2.03. The van der Waals surface area contributed by atoms with Crippen LogP contribution in [0.3, 0.4) is 0 Å². The minimum atomic E-state index is -0.0640. The van der Waals surface area contributed by atoms with Crippen molar-refractivity contribution in [1.29, 1.82) is 0 Å². The second kappa shape index (κ2) is 6.59. The fourth-order valence-corrected chi connectivity index (χ4v) is 1.82. The van der Waals surface area contributed by atoms with E-state index in [4.69, 9.17) is 4.74 Å². The van der Waals surface area contributed by atoms with Gasteiger partial charge in [-0.25, -0.2) is 0 Å². The van der Waals surface area contributed by atoms with Gasteiger partial charge >= 0.3 is 0 Å². The maximum atomic E-state index is 11.5.